The molecule has 0 aliphatic heterocycles. The number of ketones is 2. The summed E-state index contributed by atoms with van der Waals surface area (Å²) in [4.78, 5) is 38.1. The first-order valence-corrected chi connectivity index (χ1v) is 9.60. The average Bonchev–Trinajstić information content (AvgIpc) is 3.38. The second-order valence-corrected chi connectivity index (χ2v) is 8.30. The molecular weight excluding hydrogens is 340 g/mol. The number of Topliss-reactive ketones (excluding diaryl/α,β-unsaturated/α-hetero) is 2. The fourth-order valence-electron chi connectivity index (χ4n) is 6.20. The monoisotopic (exact) mass is 358 g/mol. The summed E-state index contributed by atoms with van der Waals surface area (Å²) in [6.07, 6.45) is 4.46. The molecule has 4 bridgehead atoms. The van der Waals surface area contributed by atoms with Gasteiger partial charge in [0.05, 0.1) is 5.92 Å². The number of esters is 1. The molecule has 134 valence electrons. The first-order chi connectivity index (χ1) is 13.1. The van der Waals surface area contributed by atoms with Gasteiger partial charge in [0.15, 0.2) is 0 Å². The minimum atomic E-state index is -0.421. The highest BCUT2D eigenvalue weighted by atomic mass is 16.5. The van der Waals surface area contributed by atoms with E-state index >= 15 is 0 Å². The van der Waals surface area contributed by atoms with Gasteiger partial charge in [-0.15, -0.1) is 0 Å². The first-order valence-electron chi connectivity index (χ1n) is 9.60. The summed E-state index contributed by atoms with van der Waals surface area (Å²) < 4.78 is 5.67. The molecular formula is C23H18O4. The minimum Gasteiger partial charge on any atom is -0.426 e. The molecule has 7 atom stereocenters. The second kappa shape index (κ2) is 5.16. The largest absolute Gasteiger partial charge is 0.426 e. The van der Waals surface area contributed by atoms with Crippen molar-refractivity contribution in [3.05, 3.63) is 54.6 Å². The molecule has 4 heteroatoms. The molecule has 2 aromatic rings. The van der Waals surface area contributed by atoms with Gasteiger partial charge in [0, 0.05) is 23.7 Å². The van der Waals surface area contributed by atoms with Crippen LogP contribution in [0.5, 0.6) is 5.75 Å². The van der Waals surface area contributed by atoms with Crippen LogP contribution >= 0.6 is 0 Å². The summed E-state index contributed by atoms with van der Waals surface area (Å²) in [6, 6.07) is 13.5. The van der Waals surface area contributed by atoms with E-state index in [2.05, 4.69) is 0 Å². The lowest BCUT2D eigenvalue weighted by molar-refractivity contribution is -0.143. The quantitative estimate of drug-likeness (QED) is 0.358. The fraction of sp³-hybridized carbons (Fsp3) is 0.348. The molecule has 0 heterocycles. The number of ether oxygens (including phenoxy) is 1. The van der Waals surface area contributed by atoms with Crippen LogP contribution < -0.4 is 4.74 Å². The van der Waals surface area contributed by atoms with Crippen LogP contribution in [-0.2, 0) is 14.4 Å². The molecule has 0 spiro atoms. The number of rotatable bonds is 2. The van der Waals surface area contributed by atoms with E-state index in [9.17, 15) is 14.4 Å². The zero-order valence-electron chi connectivity index (χ0n) is 14.6. The molecule has 2 aromatic carbocycles. The highest BCUT2D eigenvalue weighted by Gasteiger charge is 2.69. The third-order valence-electron chi connectivity index (χ3n) is 7.21. The van der Waals surface area contributed by atoms with Gasteiger partial charge >= 0.3 is 5.97 Å². The number of carbonyl (C=O) groups is 3. The van der Waals surface area contributed by atoms with Crippen molar-refractivity contribution < 1.29 is 19.1 Å². The highest BCUT2D eigenvalue weighted by Crippen LogP contribution is 2.64. The third kappa shape index (κ3) is 1.90. The summed E-state index contributed by atoms with van der Waals surface area (Å²) in [5, 5.41) is 2.10. The lowest BCUT2D eigenvalue weighted by Gasteiger charge is -2.33. The van der Waals surface area contributed by atoms with E-state index in [4.69, 9.17) is 4.74 Å². The fourth-order valence-corrected chi connectivity index (χ4v) is 6.20. The molecule has 0 amide bonds. The molecule has 0 radical (unpaired) electrons. The van der Waals surface area contributed by atoms with Gasteiger partial charge in [0.2, 0.25) is 0 Å². The van der Waals surface area contributed by atoms with Gasteiger partial charge in [-0.05, 0) is 41.2 Å². The van der Waals surface area contributed by atoms with Crippen LogP contribution in [0.4, 0.5) is 0 Å². The maximum absolute atomic E-state index is 12.9. The van der Waals surface area contributed by atoms with Gasteiger partial charge < -0.3 is 4.74 Å². The standard InChI is InChI=1S/C23H18O4/c24-21-14-7-8-15(21)19-18(14)16-10-17(20(19)22(16)25)23(26)27-13-6-5-11-3-1-2-4-12(11)9-13/h1-9,14-20H,10H2. The van der Waals surface area contributed by atoms with Crippen molar-refractivity contribution in [1.82, 2.24) is 0 Å². The van der Waals surface area contributed by atoms with E-state index in [1.54, 1.807) is 6.07 Å². The molecule has 7 unspecified atom stereocenters. The van der Waals surface area contributed by atoms with E-state index in [0.717, 1.165) is 10.8 Å². The summed E-state index contributed by atoms with van der Waals surface area (Å²) in [5.74, 6) is -0.467. The minimum absolute atomic E-state index is 0.00732. The van der Waals surface area contributed by atoms with Gasteiger partial charge in [-0.3, -0.25) is 14.4 Å². The normalized spacial score (nSPS) is 38.0. The van der Waals surface area contributed by atoms with Crippen molar-refractivity contribution in [3.63, 3.8) is 0 Å². The number of allylic oxidation sites excluding steroid dienone is 2. The molecule has 0 aromatic heterocycles. The predicted octanol–water partition coefficient (Wildman–Crippen LogP) is 3.20. The Morgan fingerprint density at radius 1 is 0.889 bits per heavy atom. The molecule has 3 saturated carbocycles. The third-order valence-corrected chi connectivity index (χ3v) is 7.21. The van der Waals surface area contributed by atoms with Crippen molar-refractivity contribution in [2.45, 2.75) is 6.42 Å². The molecule has 27 heavy (non-hydrogen) atoms. The van der Waals surface area contributed by atoms with Crippen molar-refractivity contribution in [1.29, 1.82) is 0 Å². The first kappa shape index (κ1) is 15.3. The molecule has 0 N–H and O–H groups in total. The highest BCUT2D eigenvalue weighted by molar-refractivity contribution is 6.01. The SMILES string of the molecule is O=C1C2C=CC1C1C3C(=O)C(CC3C(=O)Oc3ccc4ccccc4c3)C21. The Labute approximate surface area is 156 Å². The summed E-state index contributed by atoms with van der Waals surface area (Å²) >= 11 is 0. The summed E-state index contributed by atoms with van der Waals surface area (Å²) in [5.41, 5.74) is 0. The van der Waals surface area contributed by atoms with Crippen molar-refractivity contribution in [3.8, 4) is 5.75 Å². The van der Waals surface area contributed by atoms with Gasteiger partial charge in [-0.1, -0.05) is 42.5 Å². The van der Waals surface area contributed by atoms with Crippen LogP contribution in [0.1, 0.15) is 6.42 Å². The number of fused-ring (bicyclic) bond motifs is 10. The van der Waals surface area contributed by atoms with E-state index in [1.165, 1.54) is 0 Å². The summed E-state index contributed by atoms with van der Waals surface area (Å²) in [6.45, 7) is 0. The maximum atomic E-state index is 12.9. The van der Waals surface area contributed by atoms with Crippen molar-refractivity contribution in [2.24, 2.45) is 41.4 Å². The summed E-state index contributed by atoms with van der Waals surface area (Å²) in [7, 11) is 0. The van der Waals surface area contributed by atoms with Gasteiger partial charge in [-0.2, -0.15) is 0 Å². The average molecular weight is 358 g/mol. The lowest BCUT2D eigenvalue weighted by Crippen LogP contribution is -2.36. The molecule has 4 aliphatic carbocycles. The molecule has 3 fully saturated rings. The Hall–Kier alpha value is -2.75. The zero-order valence-corrected chi connectivity index (χ0v) is 14.6. The molecule has 4 aliphatic rings. The smallest absolute Gasteiger partial charge is 0.315 e. The number of hydrogen-bond donors (Lipinski definition) is 0. The van der Waals surface area contributed by atoms with Crippen LogP contribution in [-0.4, -0.2) is 17.5 Å². The van der Waals surface area contributed by atoms with E-state index in [1.807, 2.05) is 48.6 Å². The Bertz CT molecular complexity index is 1050. The lowest BCUT2D eigenvalue weighted by atomic mass is 9.69. The van der Waals surface area contributed by atoms with Crippen LogP contribution in [0.25, 0.3) is 10.8 Å². The zero-order chi connectivity index (χ0) is 18.3. The maximum Gasteiger partial charge on any atom is 0.315 e. The van der Waals surface area contributed by atoms with Crippen molar-refractivity contribution in [2.75, 3.05) is 0 Å². The predicted molar refractivity (Wildman–Crippen MR) is 97.8 cm³/mol. The molecule has 4 nitrogen and oxygen atoms in total. The number of carbonyl (C=O) groups excluding carboxylic acids is 3. The Balaban J connectivity index is 1.28. The van der Waals surface area contributed by atoms with Gasteiger partial charge in [-0.25, -0.2) is 0 Å². The molecule has 0 saturated heterocycles. The Kier molecular flexibility index (Phi) is 2.93. The molecule has 6 rings (SSSR count). The van der Waals surface area contributed by atoms with E-state index in [0.29, 0.717) is 12.2 Å². The van der Waals surface area contributed by atoms with Crippen LogP contribution in [0.3, 0.4) is 0 Å². The Morgan fingerprint density at radius 3 is 2.44 bits per heavy atom. The number of benzene rings is 2. The van der Waals surface area contributed by atoms with Crippen LogP contribution in [0.15, 0.2) is 54.6 Å². The van der Waals surface area contributed by atoms with Gasteiger partial charge in [0.1, 0.15) is 17.3 Å². The van der Waals surface area contributed by atoms with E-state index < -0.39 is 5.92 Å². The van der Waals surface area contributed by atoms with Crippen LogP contribution in [0.2, 0.25) is 0 Å². The Morgan fingerprint density at radius 2 is 1.63 bits per heavy atom. The second-order valence-electron chi connectivity index (χ2n) is 8.30. The van der Waals surface area contributed by atoms with E-state index in [-0.39, 0.29) is 53.0 Å². The topological polar surface area (TPSA) is 60.4 Å². The van der Waals surface area contributed by atoms with Crippen molar-refractivity contribution >= 4 is 28.3 Å². The van der Waals surface area contributed by atoms with Gasteiger partial charge in [0.25, 0.3) is 0 Å². The van der Waals surface area contributed by atoms with Crippen LogP contribution in [0, 0.1) is 41.4 Å². The number of hydrogen-bond acceptors (Lipinski definition) is 4.